The highest BCUT2D eigenvalue weighted by molar-refractivity contribution is 5.82. The molecular weight excluding hydrogens is 484 g/mol. The van der Waals surface area contributed by atoms with Crippen molar-refractivity contribution in [2.75, 3.05) is 40.5 Å². The highest BCUT2D eigenvalue weighted by Gasteiger charge is 2.66. The van der Waals surface area contributed by atoms with Crippen LogP contribution >= 0.6 is 0 Å². The van der Waals surface area contributed by atoms with E-state index in [0.29, 0.717) is 17.9 Å². The van der Waals surface area contributed by atoms with Gasteiger partial charge in [-0.25, -0.2) is 0 Å². The molecule has 0 radical (unpaired) electrons. The maximum absolute atomic E-state index is 7.57. The molecule has 39 heavy (non-hydrogen) atoms. The van der Waals surface area contributed by atoms with Crippen LogP contribution in [-0.4, -0.2) is 67.7 Å². The fourth-order valence-corrected chi connectivity index (χ4v) is 9.46. The second kappa shape index (κ2) is 9.80. The lowest BCUT2D eigenvalue weighted by atomic mass is 9.58. The number of nitrogens with zero attached hydrogens (tertiary/aromatic N) is 2. The van der Waals surface area contributed by atoms with E-state index in [1.165, 1.54) is 41.2 Å². The van der Waals surface area contributed by atoms with Crippen LogP contribution in [0, 0.1) is 11.3 Å². The number of hydrogen-bond acceptors (Lipinski definition) is 5. The Morgan fingerprint density at radius 2 is 1.87 bits per heavy atom. The molecule has 1 aromatic heterocycles. The van der Waals surface area contributed by atoms with E-state index in [9.17, 15) is 0 Å². The van der Waals surface area contributed by atoms with Gasteiger partial charge in [-0.3, -0.25) is 9.88 Å². The molecular formula is C34H44N2O3. The summed E-state index contributed by atoms with van der Waals surface area (Å²) in [5.74, 6) is 1.12. The molecule has 2 bridgehead atoms. The number of hydrogen-bond donors (Lipinski definition) is 0. The molecule has 2 spiro atoms. The minimum absolute atomic E-state index is 0.0936. The fourth-order valence-electron chi connectivity index (χ4n) is 9.46. The number of fused-ring (bicyclic) bond motifs is 2. The standard InChI is InChI=1S/C34H44N2O3/c1-32-12-10-28-21-27-6-7-29(36(16-18-37-2)17-19-38-3)22-33(27)13-14-34(28,39-33)31(32)9-8-30(32)25-5-4-24-11-15-35-23-26(24)20-25/h4-5,10-11,15,20-21,23,29-31H,6-9,12-14,16-19,22H2,1-3H3/t29-,30-,31-,32-,33?,34-/m1/s1. The highest BCUT2D eigenvalue weighted by Crippen LogP contribution is 2.69. The van der Waals surface area contributed by atoms with Gasteiger partial charge in [0, 0.05) is 51.1 Å². The molecule has 5 nitrogen and oxygen atoms in total. The average molecular weight is 529 g/mol. The number of benzene rings is 1. The van der Waals surface area contributed by atoms with E-state index in [1.54, 1.807) is 19.8 Å². The largest absolute Gasteiger partial charge is 0.383 e. The molecule has 5 aliphatic rings. The van der Waals surface area contributed by atoms with Gasteiger partial charge in [-0.1, -0.05) is 31.2 Å². The van der Waals surface area contributed by atoms with Crippen molar-refractivity contribution in [3.63, 3.8) is 0 Å². The van der Waals surface area contributed by atoms with Crippen LogP contribution in [0.25, 0.3) is 10.8 Å². The summed E-state index contributed by atoms with van der Waals surface area (Å²) in [5.41, 5.74) is 4.56. The lowest BCUT2D eigenvalue weighted by Gasteiger charge is -2.55. The summed E-state index contributed by atoms with van der Waals surface area (Å²) in [6.07, 6.45) is 18.5. The Balaban J connectivity index is 1.18. The molecule has 5 heteroatoms. The van der Waals surface area contributed by atoms with Crippen molar-refractivity contribution in [3.8, 4) is 0 Å². The van der Waals surface area contributed by atoms with Crippen molar-refractivity contribution in [2.24, 2.45) is 11.3 Å². The topological polar surface area (TPSA) is 43.8 Å². The van der Waals surface area contributed by atoms with Gasteiger partial charge >= 0.3 is 0 Å². The van der Waals surface area contributed by atoms with Crippen molar-refractivity contribution in [1.82, 2.24) is 9.88 Å². The third-order valence-electron chi connectivity index (χ3n) is 11.4. The van der Waals surface area contributed by atoms with E-state index >= 15 is 0 Å². The second-order valence-corrected chi connectivity index (χ2v) is 13.1. The molecule has 0 amide bonds. The van der Waals surface area contributed by atoms with E-state index < -0.39 is 0 Å². The van der Waals surface area contributed by atoms with E-state index in [1.807, 2.05) is 12.4 Å². The molecule has 1 unspecified atom stereocenters. The maximum atomic E-state index is 7.57. The normalized spacial score (nSPS) is 36.9. The average Bonchev–Trinajstić information content (AvgIpc) is 3.47. The Morgan fingerprint density at radius 1 is 1.03 bits per heavy atom. The van der Waals surface area contributed by atoms with Crippen molar-refractivity contribution in [2.45, 2.75) is 81.5 Å². The first kappa shape index (κ1) is 25.9. The van der Waals surface area contributed by atoms with E-state index in [0.717, 1.165) is 58.4 Å². The van der Waals surface area contributed by atoms with Crippen LogP contribution in [0.1, 0.15) is 69.8 Å². The molecule has 2 aromatic rings. The monoisotopic (exact) mass is 528 g/mol. The number of pyridine rings is 1. The molecule has 3 heterocycles. The molecule has 1 aromatic carbocycles. The van der Waals surface area contributed by atoms with Gasteiger partial charge in [0.1, 0.15) is 0 Å². The van der Waals surface area contributed by atoms with Crippen LogP contribution in [0.3, 0.4) is 0 Å². The lowest BCUT2D eigenvalue weighted by Crippen LogP contribution is -2.55. The number of aromatic nitrogens is 1. The second-order valence-electron chi connectivity index (χ2n) is 13.1. The summed E-state index contributed by atoms with van der Waals surface area (Å²) in [6, 6.07) is 9.73. The van der Waals surface area contributed by atoms with Gasteiger partial charge in [-0.2, -0.15) is 0 Å². The van der Waals surface area contributed by atoms with Gasteiger partial charge in [-0.05, 0) is 103 Å². The van der Waals surface area contributed by atoms with Crippen LogP contribution in [0.15, 0.2) is 60.0 Å². The number of allylic oxidation sites excluding steroid dienone is 1. The molecule has 1 saturated heterocycles. The SMILES string of the molecule is COCCN(CCOC)[C@@H]1CCC2=CC3=CC[C@]4(C)[C@@H](c5ccc6ccncc6c5)CC[C@H]4[C@@]34CCC2(C1)O4. The third-order valence-corrected chi connectivity index (χ3v) is 11.4. The van der Waals surface area contributed by atoms with Crippen LogP contribution in [0.2, 0.25) is 0 Å². The van der Waals surface area contributed by atoms with E-state index in [4.69, 9.17) is 14.2 Å². The molecule has 7 rings (SSSR count). The van der Waals surface area contributed by atoms with Gasteiger partial charge in [0.15, 0.2) is 0 Å². The Bertz CT molecular complexity index is 1300. The molecule has 2 aliphatic heterocycles. The van der Waals surface area contributed by atoms with E-state index in [-0.39, 0.29) is 16.6 Å². The molecule has 0 N–H and O–H groups in total. The van der Waals surface area contributed by atoms with Gasteiger partial charge in [-0.15, -0.1) is 0 Å². The number of ether oxygens (including phenoxy) is 3. The lowest BCUT2D eigenvalue weighted by molar-refractivity contribution is -0.141. The molecule has 3 aliphatic carbocycles. The Morgan fingerprint density at radius 3 is 2.69 bits per heavy atom. The van der Waals surface area contributed by atoms with Crippen LogP contribution in [-0.2, 0) is 14.2 Å². The quantitative estimate of drug-likeness (QED) is 0.395. The van der Waals surface area contributed by atoms with Gasteiger partial charge < -0.3 is 14.2 Å². The summed E-state index contributed by atoms with van der Waals surface area (Å²) < 4.78 is 18.5. The van der Waals surface area contributed by atoms with Gasteiger partial charge in [0.05, 0.1) is 24.4 Å². The summed E-state index contributed by atoms with van der Waals surface area (Å²) in [5, 5.41) is 2.54. The zero-order chi connectivity index (χ0) is 26.7. The molecule has 208 valence electrons. The zero-order valence-corrected chi connectivity index (χ0v) is 24.0. The minimum atomic E-state index is -0.116. The smallest absolute Gasteiger partial charge is 0.0974 e. The Hall–Kier alpha value is -2.05. The van der Waals surface area contributed by atoms with Crippen molar-refractivity contribution in [3.05, 3.63) is 65.5 Å². The predicted octanol–water partition coefficient (Wildman–Crippen LogP) is 6.44. The molecule has 3 fully saturated rings. The zero-order valence-electron chi connectivity index (χ0n) is 24.0. The van der Waals surface area contributed by atoms with Crippen LogP contribution in [0.5, 0.6) is 0 Å². The first-order valence-electron chi connectivity index (χ1n) is 15.2. The highest BCUT2D eigenvalue weighted by atomic mass is 16.5. The third kappa shape index (κ3) is 3.99. The van der Waals surface area contributed by atoms with Gasteiger partial charge in [0.2, 0.25) is 0 Å². The van der Waals surface area contributed by atoms with Crippen molar-refractivity contribution >= 4 is 10.8 Å². The van der Waals surface area contributed by atoms with Gasteiger partial charge in [0.25, 0.3) is 0 Å². The fraction of sp³-hybridized carbons (Fsp3) is 0.618. The maximum Gasteiger partial charge on any atom is 0.0974 e. The first-order valence-corrected chi connectivity index (χ1v) is 15.2. The number of methoxy groups -OCH3 is 2. The number of rotatable bonds is 8. The molecule has 6 atom stereocenters. The van der Waals surface area contributed by atoms with E-state index in [2.05, 4.69) is 53.2 Å². The minimum Gasteiger partial charge on any atom is -0.383 e. The Kier molecular flexibility index (Phi) is 6.50. The van der Waals surface area contributed by atoms with Crippen LogP contribution in [0.4, 0.5) is 0 Å². The van der Waals surface area contributed by atoms with Crippen molar-refractivity contribution in [1.29, 1.82) is 0 Å². The summed E-state index contributed by atoms with van der Waals surface area (Å²) in [4.78, 5) is 7.00. The van der Waals surface area contributed by atoms with Crippen LogP contribution < -0.4 is 0 Å². The van der Waals surface area contributed by atoms with Crippen molar-refractivity contribution < 1.29 is 14.2 Å². The summed E-state index contributed by atoms with van der Waals surface area (Å²) in [6.45, 7) is 6.01. The predicted molar refractivity (Wildman–Crippen MR) is 155 cm³/mol. The summed E-state index contributed by atoms with van der Waals surface area (Å²) in [7, 11) is 3.61. The Labute approximate surface area is 233 Å². The first-order chi connectivity index (χ1) is 19.0. The summed E-state index contributed by atoms with van der Waals surface area (Å²) >= 11 is 0. The molecule has 2 saturated carbocycles.